The van der Waals surface area contributed by atoms with Crippen LogP contribution < -0.4 is 0 Å². The summed E-state index contributed by atoms with van der Waals surface area (Å²) < 4.78 is 13.1. The van der Waals surface area contributed by atoms with Crippen molar-refractivity contribution in [1.29, 1.82) is 0 Å². The van der Waals surface area contributed by atoms with Gasteiger partial charge in [0.2, 0.25) is 0 Å². The summed E-state index contributed by atoms with van der Waals surface area (Å²) in [5.41, 5.74) is 1.57. The summed E-state index contributed by atoms with van der Waals surface area (Å²) in [4.78, 5) is 14.1. The van der Waals surface area contributed by atoms with Crippen LogP contribution in [0.1, 0.15) is 35.9 Å². The Morgan fingerprint density at radius 2 is 2.00 bits per heavy atom. The lowest BCUT2D eigenvalue weighted by molar-refractivity contribution is 0.0770. The van der Waals surface area contributed by atoms with Crippen molar-refractivity contribution in [3.63, 3.8) is 0 Å². The second-order valence-corrected chi connectivity index (χ2v) is 6.52. The van der Waals surface area contributed by atoms with Crippen LogP contribution in [-0.2, 0) is 10.8 Å². The van der Waals surface area contributed by atoms with Crippen molar-refractivity contribution in [1.82, 2.24) is 14.7 Å². The maximum absolute atomic E-state index is 12.3. The molecule has 0 bridgehead atoms. The molecule has 0 radical (unpaired) electrons. The molecule has 6 heteroatoms. The van der Waals surface area contributed by atoms with E-state index in [-0.39, 0.29) is 11.9 Å². The molecule has 0 unspecified atom stereocenters. The summed E-state index contributed by atoms with van der Waals surface area (Å²) in [5.74, 6) is 1.18. The molecule has 1 aliphatic rings. The van der Waals surface area contributed by atoms with Gasteiger partial charge in [-0.2, -0.15) is 5.10 Å². The van der Waals surface area contributed by atoms with E-state index in [9.17, 15) is 9.00 Å². The quantitative estimate of drug-likeness (QED) is 0.804. The summed E-state index contributed by atoms with van der Waals surface area (Å²) in [6, 6.07) is 0.250. The van der Waals surface area contributed by atoms with Crippen molar-refractivity contribution >= 4 is 16.7 Å². The van der Waals surface area contributed by atoms with Gasteiger partial charge in [-0.05, 0) is 20.8 Å². The molecule has 1 aliphatic heterocycles. The lowest BCUT2D eigenvalue weighted by Gasteiger charge is -2.26. The number of carbonyl (C=O) groups excluding carboxylic acids is 1. The van der Waals surface area contributed by atoms with Crippen LogP contribution in [-0.4, -0.2) is 49.4 Å². The number of nitrogens with zero attached hydrogens (tertiary/aromatic N) is 3. The fourth-order valence-electron chi connectivity index (χ4n) is 2.17. The maximum atomic E-state index is 12.3. The van der Waals surface area contributed by atoms with E-state index in [4.69, 9.17) is 0 Å². The third kappa shape index (κ3) is 2.48. The topological polar surface area (TPSA) is 55.2 Å². The van der Waals surface area contributed by atoms with Gasteiger partial charge in [0.25, 0.3) is 5.91 Å². The molecule has 0 spiro atoms. The van der Waals surface area contributed by atoms with Crippen LogP contribution in [0.5, 0.6) is 0 Å². The minimum Gasteiger partial charge on any atom is -0.337 e. The van der Waals surface area contributed by atoms with E-state index in [1.807, 2.05) is 25.5 Å². The van der Waals surface area contributed by atoms with E-state index >= 15 is 0 Å². The van der Waals surface area contributed by atoms with E-state index in [1.54, 1.807) is 11.1 Å². The van der Waals surface area contributed by atoms with Gasteiger partial charge in [0.05, 0.1) is 11.8 Å². The average Bonchev–Trinajstić information content (AvgIpc) is 2.71. The maximum Gasteiger partial charge on any atom is 0.257 e. The van der Waals surface area contributed by atoms with Crippen molar-refractivity contribution in [2.45, 2.75) is 26.8 Å². The van der Waals surface area contributed by atoms with Gasteiger partial charge in [0, 0.05) is 47.1 Å². The van der Waals surface area contributed by atoms with Crippen LogP contribution in [0.15, 0.2) is 6.20 Å². The molecule has 100 valence electrons. The Morgan fingerprint density at radius 1 is 1.39 bits per heavy atom. The Bertz CT molecular complexity index is 472. The molecule has 1 saturated heterocycles. The highest BCUT2D eigenvalue weighted by Crippen LogP contribution is 2.15. The fourth-order valence-corrected chi connectivity index (χ4v) is 3.22. The predicted octanol–water partition coefficient (Wildman–Crippen LogP) is 0.977. The third-order valence-corrected chi connectivity index (χ3v) is 4.51. The Labute approximate surface area is 110 Å². The van der Waals surface area contributed by atoms with E-state index in [0.29, 0.717) is 30.2 Å². The van der Waals surface area contributed by atoms with Gasteiger partial charge in [0.1, 0.15) is 0 Å². The molecular formula is C12H19N3O2S. The smallest absolute Gasteiger partial charge is 0.257 e. The number of amides is 1. The Morgan fingerprint density at radius 3 is 2.50 bits per heavy atom. The summed E-state index contributed by atoms with van der Waals surface area (Å²) in [5, 5.41) is 4.26. The normalized spacial score (nSPS) is 17.4. The van der Waals surface area contributed by atoms with Crippen molar-refractivity contribution in [3.8, 4) is 0 Å². The molecule has 0 N–H and O–H groups in total. The second-order valence-electron chi connectivity index (χ2n) is 4.82. The second kappa shape index (κ2) is 5.22. The largest absolute Gasteiger partial charge is 0.337 e. The van der Waals surface area contributed by atoms with Crippen LogP contribution in [0, 0.1) is 6.92 Å². The molecule has 0 atom stereocenters. The van der Waals surface area contributed by atoms with Crippen molar-refractivity contribution in [2.24, 2.45) is 0 Å². The van der Waals surface area contributed by atoms with Gasteiger partial charge in [-0.15, -0.1) is 0 Å². The highest BCUT2D eigenvalue weighted by atomic mass is 32.2. The minimum absolute atomic E-state index is 0.0103. The van der Waals surface area contributed by atoms with Crippen molar-refractivity contribution in [3.05, 3.63) is 17.5 Å². The number of aromatic nitrogens is 2. The first-order valence-electron chi connectivity index (χ1n) is 6.19. The Kier molecular flexibility index (Phi) is 3.85. The number of carbonyl (C=O) groups is 1. The molecule has 1 aromatic heterocycles. The molecule has 1 fully saturated rings. The Hall–Kier alpha value is -1.17. The van der Waals surface area contributed by atoms with Gasteiger partial charge in [-0.1, -0.05) is 0 Å². The first-order chi connectivity index (χ1) is 8.50. The fraction of sp³-hybridized carbons (Fsp3) is 0.667. The van der Waals surface area contributed by atoms with Gasteiger partial charge >= 0.3 is 0 Å². The number of rotatable bonds is 2. The van der Waals surface area contributed by atoms with E-state index in [0.717, 1.165) is 5.69 Å². The number of hydrogen-bond donors (Lipinski definition) is 0. The molecule has 2 heterocycles. The average molecular weight is 269 g/mol. The van der Waals surface area contributed by atoms with Gasteiger partial charge in [-0.25, -0.2) is 0 Å². The monoisotopic (exact) mass is 269 g/mol. The van der Waals surface area contributed by atoms with Gasteiger partial charge in [-0.3, -0.25) is 13.7 Å². The first-order valence-corrected chi connectivity index (χ1v) is 7.68. The zero-order valence-corrected chi connectivity index (χ0v) is 11.9. The molecule has 1 amide bonds. The Balaban J connectivity index is 2.16. The van der Waals surface area contributed by atoms with E-state index in [2.05, 4.69) is 5.10 Å². The summed E-state index contributed by atoms with van der Waals surface area (Å²) in [6.45, 7) is 7.16. The minimum atomic E-state index is -0.756. The van der Waals surface area contributed by atoms with Crippen LogP contribution in [0.25, 0.3) is 0 Å². The molecule has 0 aromatic carbocycles. The molecule has 0 aliphatic carbocycles. The highest BCUT2D eigenvalue weighted by Gasteiger charge is 2.24. The third-order valence-electron chi connectivity index (χ3n) is 3.23. The van der Waals surface area contributed by atoms with Gasteiger partial charge in [0.15, 0.2) is 0 Å². The van der Waals surface area contributed by atoms with E-state index < -0.39 is 10.8 Å². The number of hydrogen-bond acceptors (Lipinski definition) is 3. The molecule has 1 aromatic rings. The SMILES string of the molecule is Cc1c(C(=O)N2CCS(=O)CC2)cnn1C(C)C. The van der Waals surface area contributed by atoms with Crippen molar-refractivity contribution < 1.29 is 9.00 Å². The first kappa shape index (κ1) is 13.3. The van der Waals surface area contributed by atoms with E-state index in [1.165, 1.54) is 0 Å². The molecule has 0 saturated carbocycles. The van der Waals surface area contributed by atoms with Crippen LogP contribution >= 0.6 is 0 Å². The summed E-state index contributed by atoms with van der Waals surface area (Å²) >= 11 is 0. The lowest BCUT2D eigenvalue weighted by Crippen LogP contribution is -2.41. The van der Waals surface area contributed by atoms with Crippen molar-refractivity contribution in [2.75, 3.05) is 24.6 Å². The molecule has 2 rings (SSSR count). The highest BCUT2D eigenvalue weighted by molar-refractivity contribution is 7.85. The zero-order valence-electron chi connectivity index (χ0n) is 11.0. The zero-order chi connectivity index (χ0) is 13.3. The molecule has 5 nitrogen and oxygen atoms in total. The van der Waals surface area contributed by atoms with Crippen LogP contribution in [0.4, 0.5) is 0 Å². The molecular weight excluding hydrogens is 250 g/mol. The van der Waals surface area contributed by atoms with Crippen LogP contribution in [0.3, 0.4) is 0 Å². The lowest BCUT2D eigenvalue weighted by atomic mass is 10.2. The predicted molar refractivity (Wildman–Crippen MR) is 71.1 cm³/mol. The summed E-state index contributed by atoms with van der Waals surface area (Å²) in [7, 11) is -0.756. The standard InChI is InChI=1S/C12H19N3O2S/c1-9(2)15-10(3)11(8-13-15)12(16)14-4-6-18(17)7-5-14/h8-9H,4-7H2,1-3H3. The summed E-state index contributed by atoms with van der Waals surface area (Å²) in [6.07, 6.45) is 1.64. The van der Waals surface area contributed by atoms with Crippen LogP contribution in [0.2, 0.25) is 0 Å². The molecule has 18 heavy (non-hydrogen) atoms. The van der Waals surface area contributed by atoms with Gasteiger partial charge < -0.3 is 4.90 Å².